The molecule has 1 N–H and O–H groups in total. The molecule has 2 heterocycles. The van der Waals surface area contributed by atoms with Gasteiger partial charge in [-0.05, 0) is 50.1 Å². The number of piperidine rings is 1. The van der Waals surface area contributed by atoms with Crippen LogP contribution < -0.4 is 19.5 Å². The first-order chi connectivity index (χ1) is 14.9. The molecule has 0 aromatic heterocycles. The average molecular weight is 467 g/mol. The van der Waals surface area contributed by atoms with Crippen molar-refractivity contribution in [3.63, 3.8) is 0 Å². The lowest BCUT2D eigenvalue weighted by Crippen LogP contribution is -2.43. The third-order valence-electron chi connectivity index (χ3n) is 5.22. The maximum absolute atomic E-state index is 13.3. The minimum absolute atomic E-state index is 0.0127. The van der Waals surface area contributed by atoms with Crippen LogP contribution in [0.4, 0.5) is 5.69 Å². The Morgan fingerprint density at radius 3 is 2.84 bits per heavy atom. The molecule has 1 atom stereocenters. The number of nitrogens with zero attached hydrogens (tertiary/aromatic N) is 1. The number of sulfonamides is 1. The molecule has 0 bridgehead atoms. The summed E-state index contributed by atoms with van der Waals surface area (Å²) in [6.07, 6.45) is 1.17. The number of halogens is 1. The van der Waals surface area contributed by atoms with Crippen LogP contribution in [0.15, 0.2) is 41.3 Å². The highest BCUT2D eigenvalue weighted by Gasteiger charge is 2.35. The number of nitrogens with one attached hydrogen (secondary N) is 1. The van der Waals surface area contributed by atoms with Crippen molar-refractivity contribution < 1.29 is 27.4 Å². The second-order valence-corrected chi connectivity index (χ2v) is 9.63. The van der Waals surface area contributed by atoms with E-state index in [0.717, 1.165) is 0 Å². The quantitative estimate of drug-likeness (QED) is 0.700. The van der Waals surface area contributed by atoms with E-state index in [4.69, 9.17) is 25.8 Å². The van der Waals surface area contributed by atoms with Crippen LogP contribution >= 0.6 is 11.6 Å². The topological polar surface area (TPSA) is 94.2 Å². The Morgan fingerprint density at radius 1 is 1.23 bits per heavy atom. The lowest BCUT2D eigenvalue weighted by atomic mass is 9.98. The maximum atomic E-state index is 13.3. The molecule has 0 saturated carbocycles. The molecule has 4 rings (SSSR count). The monoisotopic (exact) mass is 466 g/mol. The first-order valence-corrected chi connectivity index (χ1v) is 11.8. The van der Waals surface area contributed by atoms with E-state index >= 15 is 0 Å². The number of ether oxygens (including phenoxy) is 3. The highest BCUT2D eigenvalue weighted by Crippen LogP contribution is 2.35. The van der Waals surface area contributed by atoms with Gasteiger partial charge in [-0.25, -0.2) is 8.42 Å². The summed E-state index contributed by atoms with van der Waals surface area (Å²) in [4.78, 5) is 12.9. The molecule has 166 valence electrons. The molecule has 31 heavy (non-hydrogen) atoms. The van der Waals surface area contributed by atoms with E-state index in [-0.39, 0.29) is 29.9 Å². The molecule has 1 fully saturated rings. The summed E-state index contributed by atoms with van der Waals surface area (Å²) in [5, 5.41) is 3.15. The average Bonchev–Trinajstić information content (AvgIpc) is 3.23. The van der Waals surface area contributed by atoms with Crippen molar-refractivity contribution in [1.82, 2.24) is 4.31 Å². The zero-order chi connectivity index (χ0) is 22.0. The third kappa shape index (κ3) is 4.58. The van der Waals surface area contributed by atoms with Crippen molar-refractivity contribution in [3.8, 4) is 17.2 Å². The first kappa shape index (κ1) is 21.7. The van der Waals surface area contributed by atoms with Gasteiger partial charge in [0.25, 0.3) is 0 Å². The number of rotatable bonds is 6. The minimum Gasteiger partial charge on any atom is -0.492 e. The molecule has 2 aromatic carbocycles. The molecule has 8 nitrogen and oxygen atoms in total. The number of carbonyl (C=O) groups is 1. The predicted molar refractivity (Wildman–Crippen MR) is 115 cm³/mol. The van der Waals surface area contributed by atoms with E-state index in [1.807, 2.05) is 0 Å². The van der Waals surface area contributed by atoms with Gasteiger partial charge in [-0.1, -0.05) is 11.6 Å². The summed E-state index contributed by atoms with van der Waals surface area (Å²) < 4.78 is 44.1. The highest BCUT2D eigenvalue weighted by molar-refractivity contribution is 7.89. The van der Waals surface area contributed by atoms with E-state index in [9.17, 15) is 13.2 Å². The Labute approximate surface area is 186 Å². The Morgan fingerprint density at radius 2 is 2.03 bits per heavy atom. The summed E-state index contributed by atoms with van der Waals surface area (Å²) >= 11 is 6.05. The molecule has 2 aliphatic heterocycles. The zero-order valence-electron chi connectivity index (χ0n) is 17.0. The van der Waals surface area contributed by atoms with E-state index in [1.165, 1.54) is 10.4 Å². The van der Waals surface area contributed by atoms with Crippen molar-refractivity contribution in [2.75, 3.05) is 31.8 Å². The molecule has 2 aliphatic rings. The smallest absolute Gasteiger partial charge is 0.246 e. The molecular formula is C21H23ClN2O6S. The van der Waals surface area contributed by atoms with Gasteiger partial charge in [0, 0.05) is 29.9 Å². The normalized spacial score (nSPS) is 18.6. The summed E-state index contributed by atoms with van der Waals surface area (Å²) in [6, 6.07) is 9.67. The number of anilines is 1. The second-order valence-electron chi connectivity index (χ2n) is 7.28. The molecule has 0 aliphatic carbocycles. The van der Waals surface area contributed by atoms with E-state index in [1.54, 1.807) is 37.3 Å². The van der Waals surface area contributed by atoms with Crippen LogP contribution in [0.2, 0.25) is 5.02 Å². The number of fused-ring (bicyclic) bond motifs is 1. The lowest BCUT2D eigenvalue weighted by Gasteiger charge is -2.31. The summed E-state index contributed by atoms with van der Waals surface area (Å²) in [6.45, 7) is 2.66. The largest absolute Gasteiger partial charge is 0.492 e. The van der Waals surface area contributed by atoms with E-state index in [0.29, 0.717) is 48.2 Å². The van der Waals surface area contributed by atoms with Gasteiger partial charge in [-0.2, -0.15) is 4.31 Å². The Bertz CT molecular complexity index is 1090. The maximum Gasteiger partial charge on any atom is 0.246 e. The van der Waals surface area contributed by atoms with Gasteiger partial charge >= 0.3 is 0 Å². The number of benzene rings is 2. The highest BCUT2D eigenvalue weighted by atomic mass is 35.5. The Kier molecular flexibility index (Phi) is 6.27. The van der Waals surface area contributed by atoms with E-state index < -0.39 is 15.9 Å². The lowest BCUT2D eigenvalue weighted by molar-refractivity contribution is -0.120. The Balaban J connectivity index is 1.50. The van der Waals surface area contributed by atoms with Gasteiger partial charge in [-0.3, -0.25) is 4.79 Å². The molecule has 10 heteroatoms. The van der Waals surface area contributed by atoms with Crippen molar-refractivity contribution in [1.29, 1.82) is 0 Å². The van der Waals surface area contributed by atoms with Crippen LogP contribution in [-0.2, 0) is 14.8 Å². The van der Waals surface area contributed by atoms with Crippen LogP contribution in [0.5, 0.6) is 17.2 Å². The number of hydrogen-bond acceptors (Lipinski definition) is 6. The van der Waals surface area contributed by atoms with Gasteiger partial charge in [-0.15, -0.1) is 0 Å². The van der Waals surface area contributed by atoms with Crippen molar-refractivity contribution in [2.45, 2.75) is 24.7 Å². The SMILES string of the molecule is CCOc1ccc(Cl)cc1S(=O)(=O)N1CCC[C@@H](C(=O)Nc2ccc3c(c2)OCO3)C1. The van der Waals surface area contributed by atoms with Gasteiger partial charge in [0.2, 0.25) is 22.7 Å². The molecule has 0 spiro atoms. The zero-order valence-corrected chi connectivity index (χ0v) is 18.5. The van der Waals surface area contributed by atoms with E-state index in [2.05, 4.69) is 5.32 Å². The standard InChI is InChI=1S/C21H23ClN2O6S/c1-2-28-18-7-5-15(22)10-20(18)31(26,27)24-9-3-4-14(12-24)21(25)23-16-6-8-17-19(11-16)30-13-29-17/h5-8,10-11,14H,2-4,9,12-13H2,1H3,(H,23,25)/t14-/m1/s1. The molecule has 1 saturated heterocycles. The van der Waals surface area contributed by atoms with Gasteiger partial charge < -0.3 is 19.5 Å². The molecular weight excluding hydrogens is 444 g/mol. The second kappa shape index (κ2) is 8.94. The Hall–Kier alpha value is -2.49. The fourth-order valence-electron chi connectivity index (χ4n) is 3.69. The van der Waals surface area contributed by atoms with Gasteiger partial charge in [0.1, 0.15) is 10.6 Å². The van der Waals surface area contributed by atoms with Crippen LogP contribution in [-0.4, -0.2) is 45.1 Å². The van der Waals surface area contributed by atoms with Crippen molar-refractivity contribution in [2.24, 2.45) is 5.92 Å². The van der Waals surface area contributed by atoms with Crippen molar-refractivity contribution >= 4 is 33.2 Å². The molecule has 0 radical (unpaired) electrons. The predicted octanol–water partition coefficient (Wildman–Crippen LogP) is 3.51. The van der Waals surface area contributed by atoms with Crippen LogP contribution in [0.25, 0.3) is 0 Å². The molecule has 1 amide bonds. The van der Waals surface area contributed by atoms with Crippen LogP contribution in [0.3, 0.4) is 0 Å². The van der Waals surface area contributed by atoms with Gasteiger partial charge in [0.05, 0.1) is 12.5 Å². The third-order valence-corrected chi connectivity index (χ3v) is 7.34. The first-order valence-electron chi connectivity index (χ1n) is 10.0. The molecule has 0 unspecified atom stereocenters. The number of amides is 1. The fourth-order valence-corrected chi connectivity index (χ4v) is 5.61. The minimum atomic E-state index is -3.88. The van der Waals surface area contributed by atoms with Crippen LogP contribution in [0.1, 0.15) is 19.8 Å². The molecule has 2 aromatic rings. The van der Waals surface area contributed by atoms with Crippen LogP contribution in [0, 0.1) is 5.92 Å². The van der Waals surface area contributed by atoms with Crippen molar-refractivity contribution in [3.05, 3.63) is 41.4 Å². The van der Waals surface area contributed by atoms with Gasteiger partial charge in [0.15, 0.2) is 11.5 Å². The number of carbonyl (C=O) groups excluding carboxylic acids is 1. The summed E-state index contributed by atoms with van der Waals surface area (Å²) in [7, 11) is -3.88. The number of hydrogen-bond donors (Lipinski definition) is 1. The summed E-state index contributed by atoms with van der Waals surface area (Å²) in [5.41, 5.74) is 0.572. The fraction of sp³-hybridized carbons (Fsp3) is 0.381. The summed E-state index contributed by atoms with van der Waals surface area (Å²) in [5.74, 6) is 0.715.